The van der Waals surface area contributed by atoms with Crippen molar-refractivity contribution in [2.24, 2.45) is 0 Å². The number of nitrogens with zero attached hydrogens (tertiary/aromatic N) is 3. The van der Waals surface area contributed by atoms with Gasteiger partial charge in [-0.05, 0) is 19.3 Å². The highest BCUT2D eigenvalue weighted by Crippen LogP contribution is 2.04. The second-order valence-corrected chi connectivity index (χ2v) is 3.07. The monoisotopic (exact) mass is 177 g/mol. The van der Waals surface area contributed by atoms with E-state index in [2.05, 4.69) is 16.0 Å². The Kier molecular flexibility index (Phi) is 3.78. The van der Waals surface area contributed by atoms with Crippen molar-refractivity contribution in [1.29, 1.82) is 10.5 Å². The van der Waals surface area contributed by atoms with E-state index in [0.717, 1.165) is 31.8 Å². The molecule has 1 aliphatic heterocycles. The van der Waals surface area contributed by atoms with Crippen LogP contribution in [0.2, 0.25) is 0 Å². The van der Waals surface area contributed by atoms with E-state index in [-0.39, 0.29) is 0 Å². The highest BCUT2D eigenvalue weighted by atomic mass is 15.1. The Hall–Kier alpha value is -1.55. The van der Waals surface area contributed by atoms with Crippen molar-refractivity contribution in [3.63, 3.8) is 0 Å². The van der Waals surface area contributed by atoms with Gasteiger partial charge in [0.25, 0.3) is 12.0 Å². The largest absolute Gasteiger partial charge is 0.288 e. The van der Waals surface area contributed by atoms with Crippen molar-refractivity contribution in [3.05, 3.63) is 0 Å². The summed E-state index contributed by atoms with van der Waals surface area (Å²) >= 11 is 0. The fourth-order valence-electron chi connectivity index (χ4n) is 1.54. The molecular weight excluding hydrogens is 164 g/mol. The van der Waals surface area contributed by atoms with Crippen LogP contribution < -0.4 is 5.32 Å². The third-order valence-corrected chi connectivity index (χ3v) is 2.18. The zero-order valence-electron chi connectivity index (χ0n) is 7.58. The van der Waals surface area contributed by atoms with Crippen molar-refractivity contribution in [1.82, 2.24) is 5.32 Å². The van der Waals surface area contributed by atoms with Crippen LogP contribution >= 0.6 is 0 Å². The molecule has 13 heavy (non-hydrogen) atoms. The van der Waals surface area contributed by atoms with Gasteiger partial charge in [-0.1, -0.05) is 0 Å². The number of rotatable bonds is 1. The lowest BCUT2D eigenvalue weighted by molar-refractivity contribution is -0.539. The summed E-state index contributed by atoms with van der Waals surface area (Å²) in [5.41, 5.74) is 0. The van der Waals surface area contributed by atoms with Gasteiger partial charge in [0.15, 0.2) is 0 Å². The molecule has 1 fully saturated rings. The van der Waals surface area contributed by atoms with Crippen LogP contribution in [0.25, 0.3) is 0 Å². The molecule has 0 atom stereocenters. The Balaban J connectivity index is 2.69. The Bertz CT molecular complexity index is 253. The summed E-state index contributed by atoms with van der Waals surface area (Å²) in [5.74, 6) is 0.754. The van der Waals surface area contributed by atoms with Gasteiger partial charge in [-0.3, -0.25) is 4.58 Å². The SMILES string of the molecule is N#CCC(NC#N)=[N+]1CCCCC1. The van der Waals surface area contributed by atoms with Crippen LogP contribution in [0.3, 0.4) is 0 Å². The fourth-order valence-corrected chi connectivity index (χ4v) is 1.54. The van der Waals surface area contributed by atoms with E-state index in [9.17, 15) is 0 Å². The molecule has 0 amide bonds. The molecule has 1 rings (SSSR count). The lowest BCUT2D eigenvalue weighted by Crippen LogP contribution is -2.34. The molecule has 0 spiro atoms. The predicted octanol–water partition coefficient (Wildman–Crippen LogP) is 0.566. The van der Waals surface area contributed by atoms with Gasteiger partial charge in [0, 0.05) is 0 Å². The van der Waals surface area contributed by atoms with Crippen LogP contribution in [0.1, 0.15) is 25.7 Å². The number of nitriles is 2. The summed E-state index contributed by atoms with van der Waals surface area (Å²) in [4.78, 5) is 0. The topological polar surface area (TPSA) is 62.6 Å². The third-order valence-electron chi connectivity index (χ3n) is 2.18. The molecule has 1 heterocycles. The maximum absolute atomic E-state index is 8.55. The quantitative estimate of drug-likeness (QED) is 0.275. The van der Waals surface area contributed by atoms with E-state index in [1.54, 1.807) is 0 Å². The van der Waals surface area contributed by atoms with Gasteiger partial charge in [0.2, 0.25) is 0 Å². The fraction of sp³-hybridized carbons (Fsp3) is 0.667. The minimum absolute atomic E-state index is 0.299. The van der Waals surface area contributed by atoms with E-state index >= 15 is 0 Å². The van der Waals surface area contributed by atoms with Crippen LogP contribution in [0.15, 0.2) is 0 Å². The first kappa shape index (κ1) is 9.54. The average Bonchev–Trinajstić information content (AvgIpc) is 2.19. The number of piperidine rings is 1. The van der Waals surface area contributed by atoms with Gasteiger partial charge in [-0.25, -0.2) is 0 Å². The zero-order chi connectivity index (χ0) is 9.52. The number of hydrogen-bond donors (Lipinski definition) is 1. The van der Waals surface area contributed by atoms with Crippen molar-refractivity contribution in [3.8, 4) is 12.3 Å². The van der Waals surface area contributed by atoms with E-state index in [0.29, 0.717) is 6.42 Å². The molecule has 0 aromatic rings. The van der Waals surface area contributed by atoms with Crippen molar-refractivity contribution in [2.45, 2.75) is 25.7 Å². The standard InChI is InChI=1S/C9H12N4/c10-5-4-9(12-8-11)13-6-2-1-3-7-13/h1-4,6-7H2/p+1. The number of amidine groups is 1. The lowest BCUT2D eigenvalue weighted by atomic mass is 10.1. The van der Waals surface area contributed by atoms with Crippen LogP contribution in [-0.4, -0.2) is 23.5 Å². The van der Waals surface area contributed by atoms with Crippen LogP contribution in [-0.2, 0) is 0 Å². The Morgan fingerprint density at radius 1 is 1.23 bits per heavy atom. The zero-order valence-corrected chi connectivity index (χ0v) is 7.58. The molecule has 0 aromatic heterocycles. The number of nitrogens with one attached hydrogen (secondary N) is 1. The molecule has 68 valence electrons. The normalized spacial score (nSPS) is 15.7. The molecule has 0 saturated carbocycles. The summed E-state index contributed by atoms with van der Waals surface area (Å²) in [6.07, 6.45) is 5.73. The second-order valence-electron chi connectivity index (χ2n) is 3.07. The number of hydrogen-bond acceptors (Lipinski definition) is 2. The smallest absolute Gasteiger partial charge is 0.264 e. The predicted molar refractivity (Wildman–Crippen MR) is 47.8 cm³/mol. The first-order valence-electron chi connectivity index (χ1n) is 4.51. The Morgan fingerprint density at radius 2 is 1.92 bits per heavy atom. The van der Waals surface area contributed by atoms with Gasteiger partial charge in [0.05, 0.1) is 19.2 Å². The molecule has 0 unspecified atom stereocenters. The minimum Gasteiger partial charge on any atom is -0.264 e. The van der Waals surface area contributed by atoms with Gasteiger partial charge >= 0.3 is 0 Å². The maximum atomic E-state index is 8.55. The van der Waals surface area contributed by atoms with Crippen LogP contribution in [0, 0.1) is 22.8 Å². The molecule has 0 aliphatic carbocycles. The first-order valence-corrected chi connectivity index (χ1v) is 4.51. The highest BCUT2D eigenvalue weighted by molar-refractivity contribution is 5.80. The molecule has 1 aliphatic rings. The summed E-state index contributed by atoms with van der Waals surface area (Å²) in [6.45, 7) is 1.93. The third kappa shape index (κ3) is 2.76. The molecule has 4 nitrogen and oxygen atoms in total. The lowest BCUT2D eigenvalue weighted by Gasteiger charge is -2.14. The Morgan fingerprint density at radius 3 is 2.46 bits per heavy atom. The molecule has 0 bridgehead atoms. The molecule has 0 radical (unpaired) electrons. The molecular formula is C9H13N4+. The van der Waals surface area contributed by atoms with E-state index in [4.69, 9.17) is 10.5 Å². The molecule has 1 N–H and O–H groups in total. The van der Waals surface area contributed by atoms with Crippen molar-refractivity contribution in [2.75, 3.05) is 13.1 Å². The van der Waals surface area contributed by atoms with Crippen molar-refractivity contribution < 1.29 is 4.58 Å². The van der Waals surface area contributed by atoms with E-state index < -0.39 is 0 Å². The first-order chi connectivity index (χ1) is 6.38. The van der Waals surface area contributed by atoms with Crippen LogP contribution in [0.4, 0.5) is 0 Å². The average molecular weight is 177 g/mol. The summed E-state index contributed by atoms with van der Waals surface area (Å²) in [5, 5.41) is 19.6. The molecule has 1 saturated heterocycles. The summed E-state index contributed by atoms with van der Waals surface area (Å²) in [6, 6.07) is 2.06. The van der Waals surface area contributed by atoms with Gasteiger partial charge in [-0.15, -0.1) is 5.26 Å². The van der Waals surface area contributed by atoms with Crippen molar-refractivity contribution >= 4 is 5.84 Å². The van der Waals surface area contributed by atoms with Gasteiger partial charge in [0.1, 0.15) is 6.42 Å². The minimum atomic E-state index is 0.299. The van der Waals surface area contributed by atoms with Gasteiger partial charge in [-0.2, -0.15) is 10.6 Å². The summed E-state index contributed by atoms with van der Waals surface area (Å²) in [7, 11) is 0. The highest BCUT2D eigenvalue weighted by Gasteiger charge is 2.15. The van der Waals surface area contributed by atoms with Gasteiger partial charge < -0.3 is 0 Å². The maximum Gasteiger partial charge on any atom is 0.288 e. The Labute approximate surface area is 78.1 Å². The molecule has 4 heteroatoms. The summed E-state index contributed by atoms with van der Waals surface area (Å²) < 4.78 is 2.09. The second kappa shape index (κ2) is 5.16. The van der Waals surface area contributed by atoms with E-state index in [1.807, 2.05) is 6.19 Å². The van der Waals surface area contributed by atoms with E-state index in [1.165, 1.54) is 6.42 Å². The van der Waals surface area contributed by atoms with Crippen LogP contribution in [0.5, 0.6) is 0 Å². The molecule has 0 aromatic carbocycles.